The second kappa shape index (κ2) is 8.15. The van der Waals surface area contributed by atoms with Crippen molar-refractivity contribution < 1.29 is 4.74 Å². The van der Waals surface area contributed by atoms with Gasteiger partial charge < -0.3 is 10.1 Å². The number of halogens is 1. The van der Waals surface area contributed by atoms with Crippen LogP contribution < -0.4 is 5.32 Å². The van der Waals surface area contributed by atoms with Gasteiger partial charge in [-0.05, 0) is 40.7 Å². The predicted octanol–water partition coefficient (Wildman–Crippen LogP) is 3.77. The lowest BCUT2D eigenvalue weighted by atomic mass is 9.80. The zero-order chi connectivity index (χ0) is 15.2. The molecule has 0 aliphatic rings. The van der Waals surface area contributed by atoms with Crippen molar-refractivity contribution in [2.24, 2.45) is 5.41 Å². The maximum atomic E-state index is 5.19. The van der Waals surface area contributed by atoms with Crippen LogP contribution in [0, 0.1) is 5.41 Å². The second-order valence-electron chi connectivity index (χ2n) is 5.82. The number of hydrogen-bond acceptors (Lipinski definition) is 3. The number of nitrogens with zero attached hydrogens (tertiary/aromatic N) is 2. The molecule has 1 rings (SSSR count). The third-order valence-corrected chi connectivity index (χ3v) is 4.52. The van der Waals surface area contributed by atoms with Crippen LogP contribution in [-0.2, 0) is 11.3 Å². The molecule has 4 nitrogen and oxygen atoms in total. The molecule has 0 radical (unpaired) electrons. The van der Waals surface area contributed by atoms with Gasteiger partial charge in [-0.25, -0.2) is 0 Å². The molecule has 0 bridgehead atoms. The molecule has 1 aromatic rings. The van der Waals surface area contributed by atoms with Crippen LogP contribution in [0.15, 0.2) is 10.7 Å². The molecule has 1 N–H and O–H groups in total. The minimum Gasteiger partial charge on any atom is -0.383 e. The van der Waals surface area contributed by atoms with Gasteiger partial charge in [-0.1, -0.05) is 27.7 Å². The lowest BCUT2D eigenvalue weighted by Crippen LogP contribution is -2.36. The Morgan fingerprint density at radius 1 is 1.45 bits per heavy atom. The van der Waals surface area contributed by atoms with Gasteiger partial charge in [-0.2, -0.15) is 5.10 Å². The minimum atomic E-state index is 0.169. The largest absolute Gasteiger partial charge is 0.383 e. The molecule has 0 aromatic carbocycles. The summed E-state index contributed by atoms with van der Waals surface area (Å²) >= 11 is 3.66. The van der Waals surface area contributed by atoms with Gasteiger partial charge in [-0.15, -0.1) is 0 Å². The van der Waals surface area contributed by atoms with Crippen LogP contribution >= 0.6 is 15.9 Å². The van der Waals surface area contributed by atoms with Gasteiger partial charge >= 0.3 is 0 Å². The molecule has 0 aliphatic heterocycles. The van der Waals surface area contributed by atoms with E-state index in [0.717, 1.165) is 30.4 Å². The summed E-state index contributed by atoms with van der Waals surface area (Å²) in [7, 11) is 1.72. The lowest BCUT2D eigenvalue weighted by molar-refractivity contribution is 0.175. The summed E-state index contributed by atoms with van der Waals surface area (Å²) < 4.78 is 8.31. The quantitative estimate of drug-likeness (QED) is 0.740. The van der Waals surface area contributed by atoms with Crippen molar-refractivity contribution in [1.29, 1.82) is 0 Å². The van der Waals surface area contributed by atoms with Gasteiger partial charge in [0.05, 0.1) is 35.6 Å². The summed E-state index contributed by atoms with van der Waals surface area (Å²) in [6.07, 6.45) is 4.12. The zero-order valence-corrected chi connectivity index (χ0v) is 15.0. The van der Waals surface area contributed by atoms with Crippen LogP contribution in [-0.4, -0.2) is 30.0 Å². The van der Waals surface area contributed by atoms with Crippen LogP contribution in [0.3, 0.4) is 0 Å². The summed E-state index contributed by atoms with van der Waals surface area (Å²) in [4.78, 5) is 0. The number of methoxy groups -OCH3 is 1. The third-order valence-electron chi connectivity index (χ3n) is 3.91. The Balaban J connectivity index is 3.09. The first-order chi connectivity index (χ1) is 9.47. The molecule has 116 valence electrons. The van der Waals surface area contributed by atoms with E-state index in [1.54, 1.807) is 7.11 Å². The lowest BCUT2D eigenvalue weighted by Gasteiger charge is -2.35. The number of rotatable bonds is 9. The highest BCUT2D eigenvalue weighted by Gasteiger charge is 2.32. The Bertz CT molecular complexity index is 404. The molecular formula is C15H28BrN3O. The van der Waals surface area contributed by atoms with Crippen molar-refractivity contribution in [1.82, 2.24) is 15.1 Å². The SMILES string of the molecule is CCCNC(c1c(Br)cnn1CCOC)C(C)(C)CC. The van der Waals surface area contributed by atoms with Crippen LogP contribution in [0.1, 0.15) is 52.3 Å². The van der Waals surface area contributed by atoms with Gasteiger partial charge in [0, 0.05) is 7.11 Å². The first-order valence-corrected chi connectivity index (χ1v) is 8.20. The van der Waals surface area contributed by atoms with E-state index in [1.165, 1.54) is 5.69 Å². The summed E-state index contributed by atoms with van der Waals surface area (Å²) in [6, 6.07) is 0.279. The molecule has 0 aliphatic carbocycles. The fraction of sp³-hybridized carbons (Fsp3) is 0.800. The number of nitrogens with one attached hydrogen (secondary N) is 1. The Kier molecular flexibility index (Phi) is 7.20. The maximum Gasteiger partial charge on any atom is 0.0702 e. The molecule has 0 saturated heterocycles. The second-order valence-corrected chi connectivity index (χ2v) is 6.68. The van der Waals surface area contributed by atoms with Crippen LogP contribution in [0.25, 0.3) is 0 Å². The molecule has 1 heterocycles. The van der Waals surface area contributed by atoms with Crippen molar-refractivity contribution in [2.75, 3.05) is 20.3 Å². The Morgan fingerprint density at radius 2 is 2.15 bits per heavy atom. The predicted molar refractivity (Wildman–Crippen MR) is 86.9 cm³/mol. The van der Waals surface area contributed by atoms with E-state index in [2.05, 4.69) is 58.7 Å². The van der Waals surface area contributed by atoms with Crippen LogP contribution in [0.5, 0.6) is 0 Å². The summed E-state index contributed by atoms with van der Waals surface area (Å²) in [5, 5.41) is 8.17. The van der Waals surface area contributed by atoms with E-state index in [4.69, 9.17) is 4.74 Å². The molecule has 1 atom stereocenters. The maximum absolute atomic E-state index is 5.19. The Hall–Kier alpha value is -0.390. The van der Waals surface area contributed by atoms with Gasteiger partial charge in [-0.3, -0.25) is 4.68 Å². The third kappa shape index (κ3) is 4.30. The van der Waals surface area contributed by atoms with E-state index in [9.17, 15) is 0 Å². The average molecular weight is 346 g/mol. The molecule has 0 spiro atoms. The fourth-order valence-electron chi connectivity index (χ4n) is 2.25. The van der Waals surface area contributed by atoms with Crippen molar-refractivity contribution in [3.63, 3.8) is 0 Å². The first-order valence-electron chi connectivity index (χ1n) is 7.41. The molecule has 20 heavy (non-hydrogen) atoms. The Morgan fingerprint density at radius 3 is 2.70 bits per heavy atom. The van der Waals surface area contributed by atoms with Crippen LogP contribution in [0.2, 0.25) is 0 Å². The molecule has 1 aromatic heterocycles. The van der Waals surface area contributed by atoms with Crippen molar-refractivity contribution in [3.8, 4) is 0 Å². The monoisotopic (exact) mass is 345 g/mol. The van der Waals surface area contributed by atoms with Crippen LogP contribution in [0.4, 0.5) is 0 Å². The standard InChI is InChI=1S/C15H28BrN3O/c1-6-8-17-14(15(3,4)7-2)13-12(16)11-18-19(13)9-10-20-5/h11,14,17H,6-10H2,1-5H3. The highest BCUT2D eigenvalue weighted by atomic mass is 79.9. The van der Waals surface area contributed by atoms with Crippen molar-refractivity contribution in [3.05, 3.63) is 16.4 Å². The highest BCUT2D eigenvalue weighted by Crippen LogP contribution is 2.39. The molecule has 0 amide bonds. The summed E-state index contributed by atoms with van der Waals surface area (Å²) in [6.45, 7) is 11.5. The Labute approximate surface area is 131 Å². The van der Waals surface area contributed by atoms with Crippen molar-refractivity contribution in [2.45, 2.75) is 53.1 Å². The zero-order valence-electron chi connectivity index (χ0n) is 13.4. The molecule has 1 unspecified atom stereocenters. The van der Waals surface area contributed by atoms with Gasteiger partial charge in [0.25, 0.3) is 0 Å². The van der Waals surface area contributed by atoms with Gasteiger partial charge in [0.2, 0.25) is 0 Å². The van der Waals surface area contributed by atoms with Gasteiger partial charge in [0.15, 0.2) is 0 Å². The molecule has 5 heteroatoms. The normalized spacial score (nSPS) is 13.7. The highest BCUT2D eigenvalue weighted by molar-refractivity contribution is 9.10. The van der Waals surface area contributed by atoms with Crippen molar-refractivity contribution >= 4 is 15.9 Å². The number of hydrogen-bond donors (Lipinski definition) is 1. The van der Waals surface area contributed by atoms with E-state index >= 15 is 0 Å². The van der Waals surface area contributed by atoms with E-state index in [1.807, 2.05) is 6.20 Å². The molecular weight excluding hydrogens is 318 g/mol. The molecule has 0 fully saturated rings. The first kappa shape index (κ1) is 17.7. The number of aromatic nitrogens is 2. The van der Waals surface area contributed by atoms with E-state index < -0.39 is 0 Å². The number of ether oxygens (including phenoxy) is 1. The molecule has 0 saturated carbocycles. The van der Waals surface area contributed by atoms with Gasteiger partial charge in [0.1, 0.15) is 0 Å². The minimum absolute atomic E-state index is 0.169. The smallest absolute Gasteiger partial charge is 0.0702 e. The van der Waals surface area contributed by atoms with E-state index in [0.29, 0.717) is 6.61 Å². The van der Waals surface area contributed by atoms with E-state index in [-0.39, 0.29) is 11.5 Å². The summed E-state index contributed by atoms with van der Waals surface area (Å²) in [5.74, 6) is 0. The topological polar surface area (TPSA) is 39.1 Å². The average Bonchev–Trinajstić information content (AvgIpc) is 2.78. The summed E-state index contributed by atoms with van der Waals surface area (Å²) in [5.41, 5.74) is 1.39. The fourth-order valence-corrected chi connectivity index (χ4v) is 2.78.